The molecule has 0 fully saturated rings. The zero-order chi connectivity index (χ0) is 15.9. The minimum atomic E-state index is 1.07. The summed E-state index contributed by atoms with van der Waals surface area (Å²) < 4.78 is 4.56. The van der Waals surface area contributed by atoms with Crippen LogP contribution in [0, 0.1) is 0 Å². The van der Waals surface area contributed by atoms with Gasteiger partial charge < -0.3 is 4.65 Å². The summed E-state index contributed by atoms with van der Waals surface area (Å²) in [5.41, 5.74) is 0. The zero-order valence-corrected chi connectivity index (χ0v) is 12.8. The van der Waals surface area contributed by atoms with Gasteiger partial charge in [0.2, 0.25) is 0 Å². The molecule has 0 saturated carbocycles. The third kappa shape index (κ3) is 43.1. The van der Waals surface area contributed by atoms with Crippen molar-refractivity contribution < 1.29 is 4.65 Å². The van der Waals surface area contributed by atoms with Crippen LogP contribution in [0.1, 0.15) is 6.92 Å². The lowest BCUT2D eigenvalue weighted by molar-refractivity contribution is 0.449. The summed E-state index contributed by atoms with van der Waals surface area (Å²) in [7, 11) is 26.6. The molecule has 0 saturated heterocycles. The maximum atomic E-state index is 5.04. The molecule has 0 aromatic carbocycles. The summed E-state index contributed by atoms with van der Waals surface area (Å²) in [6, 6.07) is 0. The number of hydrogen-bond donors (Lipinski definition) is 0. The molecular formula is C10H17B9O. The Bertz CT molecular complexity index is 199. The van der Waals surface area contributed by atoms with Gasteiger partial charge in [0, 0.05) is 30.3 Å². The molecule has 0 rings (SSSR count). The standard InChI is InChI=1S/C4H7B3.C3H5B3O.C3H5B3/c1-2-6-3-4-7-5;1-7-6-3-2-5-4;1-5-2-3-6-4/h3-4H,2H2,1H3;2-3H,1H3;2-3H,1H3/b4-3+;2*3-2+. The summed E-state index contributed by atoms with van der Waals surface area (Å²) in [4.78, 5) is 0. The van der Waals surface area contributed by atoms with Crippen LogP contribution in [-0.4, -0.2) is 73.9 Å². The minimum Gasteiger partial charge on any atom is -0.438 e. The highest BCUT2D eigenvalue weighted by Gasteiger charge is 1.73. The second-order valence-electron chi connectivity index (χ2n) is 3.08. The topological polar surface area (TPSA) is 9.23 Å². The molecule has 0 aliphatic rings. The zero-order valence-electron chi connectivity index (χ0n) is 12.8. The molecule has 0 aromatic heterocycles. The molecule has 0 unspecified atom stereocenters. The third-order valence-electron chi connectivity index (χ3n) is 1.45. The molecule has 20 heavy (non-hydrogen) atoms. The van der Waals surface area contributed by atoms with E-state index in [1.165, 1.54) is 21.5 Å². The van der Waals surface area contributed by atoms with Gasteiger partial charge in [0.15, 0.2) is 0 Å². The van der Waals surface area contributed by atoms with Crippen molar-refractivity contribution in [2.75, 3.05) is 7.11 Å². The molecule has 0 amide bonds. The average molecular weight is 251 g/mol. The molecule has 0 bridgehead atoms. The first kappa shape index (κ1) is 24.8. The molecule has 1 nitrogen and oxygen atoms in total. The molecule has 0 aromatic rings. The van der Waals surface area contributed by atoms with Crippen LogP contribution in [-0.2, 0) is 4.65 Å². The van der Waals surface area contributed by atoms with Crippen molar-refractivity contribution in [1.82, 2.24) is 0 Å². The van der Waals surface area contributed by atoms with E-state index in [-0.39, 0.29) is 0 Å². The Kier molecular flexibility index (Phi) is 38.7. The van der Waals surface area contributed by atoms with E-state index in [0.29, 0.717) is 0 Å². The maximum Gasteiger partial charge on any atom is 0.320 e. The van der Waals surface area contributed by atoms with E-state index in [1.807, 2.05) is 39.3 Å². The van der Waals surface area contributed by atoms with Gasteiger partial charge in [-0.3, -0.25) is 0 Å². The molecule has 0 aliphatic heterocycles. The van der Waals surface area contributed by atoms with Crippen LogP contribution in [0.25, 0.3) is 0 Å². The van der Waals surface area contributed by atoms with Crippen LogP contribution < -0.4 is 0 Å². The molecule has 90 valence electrons. The van der Waals surface area contributed by atoms with Gasteiger partial charge in [-0.05, 0) is 0 Å². The molecule has 12 radical (unpaired) electrons. The van der Waals surface area contributed by atoms with E-state index >= 15 is 0 Å². The van der Waals surface area contributed by atoms with Gasteiger partial charge in [-0.25, -0.2) is 0 Å². The van der Waals surface area contributed by atoms with E-state index in [1.54, 1.807) is 32.5 Å². The van der Waals surface area contributed by atoms with Crippen molar-refractivity contribution in [2.24, 2.45) is 0 Å². The van der Waals surface area contributed by atoms with Crippen LogP contribution in [0.3, 0.4) is 0 Å². The van der Waals surface area contributed by atoms with Crippen LogP contribution in [0.4, 0.5) is 0 Å². The Labute approximate surface area is 134 Å². The molecule has 0 heterocycles. The summed E-state index contributed by atoms with van der Waals surface area (Å²) in [5.74, 6) is 10.8. The lowest BCUT2D eigenvalue weighted by atomic mass is 9.54. The molecular weight excluding hydrogens is 233 g/mol. The van der Waals surface area contributed by atoms with Gasteiger partial charge in [0.1, 0.15) is 14.6 Å². The van der Waals surface area contributed by atoms with Crippen LogP contribution in [0.2, 0.25) is 13.1 Å². The fourth-order valence-electron chi connectivity index (χ4n) is 0.642. The van der Waals surface area contributed by atoms with Crippen molar-refractivity contribution in [3.8, 4) is 0 Å². The number of hydrogen-bond acceptors (Lipinski definition) is 1. The van der Waals surface area contributed by atoms with Crippen molar-refractivity contribution in [2.45, 2.75) is 20.1 Å². The Balaban J connectivity index is -0.000000218. The molecule has 0 N–H and O–H groups in total. The predicted molar refractivity (Wildman–Crippen MR) is 103 cm³/mol. The highest BCUT2D eigenvalue weighted by molar-refractivity contribution is 6.93. The molecule has 0 spiro atoms. The summed E-state index contributed by atoms with van der Waals surface area (Å²) >= 11 is 0. The van der Waals surface area contributed by atoms with E-state index in [4.69, 9.17) is 23.2 Å². The largest absolute Gasteiger partial charge is 0.438 e. The van der Waals surface area contributed by atoms with E-state index in [2.05, 4.69) is 11.6 Å². The normalized spacial score (nSPS) is 9.15. The SMILES string of the molecule is [B][B]/C=C/[B]C.[B][B]/C=C/[B]CC.[B][B]/C=C/[B]OC. The second kappa shape index (κ2) is 31.3. The van der Waals surface area contributed by atoms with Gasteiger partial charge in [-0.15, -0.1) is 35.9 Å². The fraction of sp³-hybridized carbons (Fsp3) is 0.400. The van der Waals surface area contributed by atoms with Crippen LogP contribution >= 0.6 is 0 Å². The summed E-state index contributed by atoms with van der Waals surface area (Å²) in [6.45, 7) is 4.03. The summed E-state index contributed by atoms with van der Waals surface area (Å²) in [5, 5.41) is 0. The second-order valence-corrected chi connectivity index (χ2v) is 3.08. The molecule has 0 aliphatic carbocycles. The predicted octanol–water partition coefficient (Wildman–Crippen LogP) is -0.104. The lowest BCUT2D eigenvalue weighted by Crippen LogP contribution is -1.89. The smallest absolute Gasteiger partial charge is 0.320 e. The first-order chi connectivity index (χ1) is 9.74. The van der Waals surface area contributed by atoms with Crippen LogP contribution in [0.5, 0.6) is 0 Å². The van der Waals surface area contributed by atoms with Gasteiger partial charge in [-0.1, -0.05) is 20.1 Å². The van der Waals surface area contributed by atoms with Gasteiger partial charge in [-0.2, -0.15) is 0 Å². The Hall–Kier alpha value is -0.236. The summed E-state index contributed by atoms with van der Waals surface area (Å²) in [6.07, 6.45) is 1.07. The van der Waals surface area contributed by atoms with Gasteiger partial charge in [0.25, 0.3) is 0 Å². The number of rotatable bonds is 8. The van der Waals surface area contributed by atoms with E-state index in [0.717, 1.165) is 6.32 Å². The quantitative estimate of drug-likeness (QED) is 0.547. The Morgan fingerprint density at radius 1 is 0.850 bits per heavy atom. The first-order valence-corrected chi connectivity index (χ1v) is 6.34. The molecule has 0 atom stereocenters. The monoisotopic (exact) mass is 252 g/mol. The van der Waals surface area contributed by atoms with Crippen molar-refractivity contribution in [3.63, 3.8) is 0 Å². The van der Waals surface area contributed by atoms with Crippen LogP contribution in [0.15, 0.2) is 35.9 Å². The Morgan fingerprint density at radius 3 is 1.70 bits per heavy atom. The van der Waals surface area contributed by atoms with E-state index in [9.17, 15) is 0 Å². The maximum absolute atomic E-state index is 5.04. The third-order valence-corrected chi connectivity index (χ3v) is 1.45. The minimum absolute atomic E-state index is 1.07. The lowest BCUT2D eigenvalue weighted by Gasteiger charge is -1.80. The average Bonchev–Trinajstić information content (AvgIpc) is 2.48. The van der Waals surface area contributed by atoms with Crippen molar-refractivity contribution in [3.05, 3.63) is 35.9 Å². The Morgan fingerprint density at radius 2 is 1.35 bits per heavy atom. The molecule has 10 heteroatoms. The van der Waals surface area contributed by atoms with Gasteiger partial charge >= 0.3 is 7.48 Å². The fourth-order valence-corrected chi connectivity index (χ4v) is 0.642. The van der Waals surface area contributed by atoms with Crippen molar-refractivity contribution >= 4 is 66.8 Å². The first-order valence-electron chi connectivity index (χ1n) is 6.34. The van der Waals surface area contributed by atoms with Crippen molar-refractivity contribution in [1.29, 1.82) is 0 Å². The highest BCUT2D eigenvalue weighted by atomic mass is 16.4. The van der Waals surface area contributed by atoms with Gasteiger partial charge in [0.05, 0.1) is 21.5 Å². The highest BCUT2D eigenvalue weighted by Crippen LogP contribution is 1.73. The van der Waals surface area contributed by atoms with E-state index < -0.39 is 0 Å².